The second-order valence-corrected chi connectivity index (χ2v) is 7.63. The number of nitrogens with one attached hydrogen (secondary N) is 2. The summed E-state index contributed by atoms with van der Waals surface area (Å²) in [5.74, 6) is 0.836. The summed E-state index contributed by atoms with van der Waals surface area (Å²) < 4.78 is 7.04. The smallest absolute Gasteiger partial charge is 0.251 e. The molecule has 1 unspecified atom stereocenters. The third kappa shape index (κ3) is 4.27. The second-order valence-electron chi connectivity index (χ2n) is 7.19. The van der Waals surface area contributed by atoms with Crippen LogP contribution in [0.1, 0.15) is 32.0 Å². The molecule has 160 valence electrons. The van der Waals surface area contributed by atoms with Gasteiger partial charge in [-0.3, -0.25) is 9.59 Å². The van der Waals surface area contributed by atoms with Gasteiger partial charge in [0.2, 0.25) is 5.91 Å². The standard InChI is InChI=1S/C23H23ClN4O3/c1-3-18-21(14-5-7-15(24)8-6-14)22-26-23(30)19(28(22)27-18)13-20(29)25-16-9-11-17(12-10-16)31-4-2/h5-12,19H,3-4,13H2,1-2H3,(H,25,29)(H,26,30). The Kier molecular flexibility index (Phi) is 5.95. The largest absolute Gasteiger partial charge is 0.494 e. The van der Waals surface area contributed by atoms with Crippen LogP contribution in [-0.2, 0) is 16.0 Å². The molecule has 1 aliphatic rings. The van der Waals surface area contributed by atoms with E-state index >= 15 is 0 Å². The molecule has 0 aliphatic carbocycles. The van der Waals surface area contributed by atoms with E-state index in [1.807, 2.05) is 26.0 Å². The number of carbonyl (C=O) groups is 2. The van der Waals surface area contributed by atoms with Crippen LogP contribution in [0.5, 0.6) is 5.75 Å². The van der Waals surface area contributed by atoms with Gasteiger partial charge in [-0.2, -0.15) is 5.10 Å². The van der Waals surface area contributed by atoms with Gasteiger partial charge in [-0.25, -0.2) is 4.68 Å². The number of nitrogens with zero attached hydrogens (tertiary/aromatic N) is 2. The summed E-state index contributed by atoms with van der Waals surface area (Å²) in [6.45, 7) is 4.49. The van der Waals surface area contributed by atoms with Gasteiger partial charge in [0.05, 0.1) is 18.7 Å². The van der Waals surface area contributed by atoms with Crippen molar-refractivity contribution in [1.82, 2.24) is 9.78 Å². The molecule has 0 saturated heterocycles. The molecule has 0 spiro atoms. The monoisotopic (exact) mass is 438 g/mol. The zero-order valence-corrected chi connectivity index (χ0v) is 18.1. The SMILES string of the molecule is CCOc1ccc(NC(=O)CC2C(=O)Nc3c(-c4ccc(Cl)cc4)c(CC)nn32)cc1. The Morgan fingerprint density at radius 1 is 1.16 bits per heavy atom. The molecule has 2 heterocycles. The van der Waals surface area contributed by atoms with Crippen LogP contribution in [0.3, 0.4) is 0 Å². The average Bonchev–Trinajstić information content (AvgIpc) is 3.25. The van der Waals surface area contributed by atoms with E-state index in [2.05, 4.69) is 15.7 Å². The van der Waals surface area contributed by atoms with E-state index in [4.69, 9.17) is 16.3 Å². The summed E-state index contributed by atoms with van der Waals surface area (Å²) in [5, 5.41) is 11.0. The highest BCUT2D eigenvalue weighted by atomic mass is 35.5. The molecule has 0 fully saturated rings. The molecule has 2 aromatic carbocycles. The summed E-state index contributed by atoms with van der Waals surface area (Å²) in [4.78, 5) is 25.3. The predicted octanol–water partition coefficient (Wildman–Crippen LogP) is 4.69. The van der Waals surface area contributed by atoms with Crippen LogP contribution in [0.25, 0.3) is 11.1 Å². The number of aryl methyl sites for hydroxylation is 1. The maximum Gasteiger partial charge on any atom is 0.251 e. The Morgan fingerprint density at radius 3 is 2.52 bits per heavy atom. The van der Waals surface area contributed by atoms with E-state index in [1.165, 1.54) is 0 Å². The topological polar surface area (TPSA) is 85.2 Å². The lowest BCUT2D eigenvalue weighted by atomic mass is 10.0. The number of carbonyl (C=O) groups excluding carboxylic acids is 2. The number of amides is 2. The Balaban J connectivity index is 1.54. The van der Waals surface area contributed by atoms with Crippen LogP contribution in [-0.4, -0.2) is 28.2 Å². The maximum atomic E-state index is 12.6. The van der Waals surface area contributed by atoms with Crippen molar-refractivity contribution in [3.63, 3.8) is 0 Å². The van der Waals surface area contributed by atoms with E-state index in [0.717, 1.165) is 22.6 Å². The molecule has 1 aliphatic heterocycles. The van der Waals surface area contributed by atoms with Crippen molar-refractivity contribution in [2.24, 2.45) is 0 Å². The summed E-state index contributed by atoms with van der Waals surface area (Å²) in [6.07, 6.45) is 0.676. The zero-order valence-electron chi connectivity index (χ0n) is 17.3. The van der Waals surface area contributed by atoms with Gasteiger partial charge in [0.15, 0.2) is 0 Å². The van der Waals surface area contributed by atoms with E-state index < -0.39 is 6.04 Å². The van der Waals surface area contributed by atoms with Gasteiger partial charge in [0.25, 0.3) is 5.91 Å². The van der Waals surface area contributed by atoms with E-state index in [0.29, 0.717) is 29.6 Å². The minimum absolute atomic E-state index is 0.0169. The number of hydrogen-bond donors (Lipinski definition) is 2. The predicted molar refractivity (Wildman–Crippen MR) is 121 cm³/mol. The molecule has 0 bridgehead atoms. The highest BCUT2D eigenvalue weighted by Crippen LogP contribution is 2.39. The highest BCUT2D eigenvalue weighted by Gasteiger charge is 2.36. The third-order valence-corrected chi connectivity index (χ3v) is 5.37. The second kappa shape index (κ2) is 8.81. The third-order valence-electron chi connectivity index (χ3n) is 5.12. The Hall–Kier alpha value is -3.32. The van der Waals surface area contributed by atoms with Crippen LogP contribution in [0.4, 0.5) is 11.5 Å². The number of hydrogen-bond acceptors (Lipinski definition) is 4. The molecule has 7 nitrogen and oxygen atoms in total. The van der Waals surface area contributed by atoms with Crippen LogP contribution in [0, 0.1) is 0 Å². The fraction of sp³-hybridized carbons (Fsp3) is 0.261. The minimum atomic E-state index is -0.705. The first kappa shape index (κ1) is 20.9. The van der Waals surface area contributed by atoms with Crippen LogP contribution in [0.15, 0.2) is 48.5 Å². The van der Waals surface area contributed by atoms with Crippen molar-refractivity contribution in [3.05, 3.63) is 59.2 Å². The van der Waals surface area contributed by atoms with E-state index in [1.54, 1.807) is 41.1 Å². The number of rotatable bonds is 7. The molecular weight excluding hydrogens is 416 g/mol. The van der Waals surface area contributed by atoms with Crippen molar-refractivity contribution in [3.8, 4) is 16.9 Å². The summed E-state index contributed by atoms with van der Waals surface area (Å²) >= 11 is 6.02. The molecule has 0 radical (unpaired) electrons. The van der Waals surface area contributed by atoms with Crippen LogP contribution >= 0.6 is 11.6 Å². The lowest BCUT2D eigenvalue weighted by Gasteiger charge is -2.11. The van der Waals surface area contributed by atoms with E-state index in [9.17, 15) is 9.59 Å². The number of anilines is 2. The minimum Gasteiger partial charge on any atom is -0.494 e. The Labute approximate surface area is 185 Å². The summed E-state index contributed by atoms with van der Waals surface area (Å²) in [5.41, 5.74) is 3.28. The molecule has 1 atom stereocenters. The number of aromatic nitrogens is 2. The van der Waals surface area contributed by atoms with Crippen molar-refractivity contribution in [2.75, 3.05) is 17.2 Å². The van der Waals surface area contributed by atoms with Gasteiger partial charge in [0, 0.05) is 16.3 Å². The number of benzene rings is 2. The van der Waals surface area contributed by atoms with Gasteiger partial charge in [-0.1, -0.05) is 30.7 Å². The molecule has 31 heavy (non-hydrogen) atoms. The quantitative estimate of drug-likeness (QED) is 0.560. The molecule has 3 aromatic rings. The zero-order chi connectivity index (χ0) is 22.0. The number of halogens is 1. The Bertz CT molecular complexity index is 1110. The van der Waals surface area contributed by atoms with Crippen LogP contribution < -0.4 is 15.4 Å². The molecule has 4 rings (SSSR count). The fourth-order valence-electron chi connectivity index (χ4n) is 3.67. The lowest BCUT2D eigenvalue weighted by Crippen LogP contribution is -2.23. The molecular formula is C23H23ClN4O3. The van der Waals surface area contributed by atoms with Crippen molar-refractivity contribution < 1.29 is 14.3 Å². The maximum absolute atomic E-state index is 12.6. The van der Waals surface area contributed by atoms with Crippen molar-refractivity contribution in [2.45, 2.75) is 32.7 Å². The average molecular weight is 439 g/mol. The normalized spacial score (nSPS) is 14.8. The van der Waals surface area contributed by atoms with Gasteiger partial charge in [0.1, 0.15) is 17.6 Å². The molecule has 2 N–H and O–H groups in total. The van der Waals surface area contributed by atoms with Gasteiger partial charge in [-0.05, 0) is 55.3 Å². The molecule has 0 saturated carbocycles. The van der Waals surface area contributed by atoms with E-state index in [-0.39, 0.29) is 18.2 Å². The van der Waals surface area contributed by atoms with Crippen molar-refractivity contribution >= 4 is 34.9 Å². The number of ether oxygens (including phenoxy) is 1. The number of fused-ring (bicyclic) bond motifs is 1. The first-order chi connectivity index (χ1) is 15.0. The first-order valence-corrected chi connectivity index (χ1v) is 10.6. The van der Waals surface area contributed by atoms with Gasteiger partial charge < -0.3 is 15.4 Å². The lowest BCUT2D eigenvalue weighted by molar-refractivity contribution is -0.123. The van der Waals surface area contributed by atoms with Crippen molar-refractivity contribution in [1.29, 1.82) is 0 Å². The summed E-state index contributed by atoms with van der Waals surface area (Å²) in [6, 6.07) is 13.8. The summed E-state index contributed by atoms with van der Waals surface area (Å²) in [7, 11) is 0. The highest BCUT2D eigenvalue weighted by molar-refractivity contribution is 6.30. The first-order valence-electron chi connectivity index (χ1n) is 10.2. The van der Waals surface area contributed by atoms with Crippen LogP contribution in [0.2, 0.25) is 5.02 Å². The molecule has 2 amide bonds. The van der Waals surface area contributed by atoms with Gasteiger partial charge in [-0.15, -0.1) is 0 Å². The molecule has 8 heteroatoms. The molecule has 1 aromatic heterocycles. The Morgan fingerprint density at radius 2 is 1.87 bits per heavy atom. The fourth-order valence-corrected chi connectivity index (χ4v) is 3.80. The van der Waals surface area contributed by atoms with Gasteiger partial charge >= 0.3 is 0 Å².